The first-order valence-corrected chi connectivity index (χ1v) is 8.98. The monoisotopic (exact) mass is 352 g/mol. The maximum Gasteiger partial charge on any atom is 0.228 e. The molecule has 2 N–H and O–H groups in total. The highest BCUT2D eigenvalue weighted by Gasteiger charge is 2.31. The van der Waals surface area contributed by atoms with Crippen LogP contribution in [0.25, 0.3) is 0 Å². The van der Waals surface area contributed by atoms with E-state index in [4.69, 9.17) is 0 Å². The Balaban J connectivity index is 1.59. The lowest BCUT2D eigenvalue weighted by molar-refractivity contribution is -0.124. The van der Waals surface area contributed by atoms with Gasteiger partial charge in [-0.05, 0) is 68.5 Å². The van der Waals surface area contributed by atoms with E-state index in [0.29, 0.717) is 18.1 Å². The molecule has 1 aliphatic rings. The van der Waals surface area contributed by atoms with Crippen molar-refractivity contribution in [3.63, 3.8) is 0 Å². The van der Waals surface area contributed by atoms with E-state index in [2.05, 4.69) is 20.6 Å². The minimum Gasteiger partial charge on any atom is -0.310 e. The number of nitrogens with one attached hydrogen (secondary N) is 2. The van der Waals surface area contributed by atoms with E-state index in [1.807, 2.05) is 38.1 Å². The van der Waals surface area contributed by atoms with Crippen molar-refractivity contribution in [3.8, 4) is 0 Å². The molecule has 2 heterocycles. The molecule has 1 saturated carbocycles. The molecule has 6 heteroatoms. The molecule has 0 aromatic carbocycles. The quantitative estimate of drug-likeness (QED) is 0.882. The number of aryl methyl sites for hydroxylation is 2. The van der Waals surface area contributed by atoms with Gasteiger partial charge in [-0.25, -0.2) is 9.97 Å². The smallest absolute Gasteiger partial charge is 0.228 e. The lowest BCUT2D eigenvalue weighted by Gasteiger charge is -2.27. The minimum absolute atomic E-state index is 0.0609. The summed E-state index contributed by atoms with van der Waals surface area (Å²) in [6.07, 6.45) is 6.36. The van der Waals surface area contributed by atoms with Crippen LogP contribution in [0.3, 0.4) is 0 Å². The number of rotatable bonds is 4. The second-order valence-electron chi connectivity index (χ2n) is 6.98. The maximum atomic E-state index is 12.6. The second kappa shape index (κ2) is 8.08. The van der Waals surface area contributed by atoms with Crippen molar-refractivity contribution in [2.45, 2.75) is 39.5 Å². The predicted octanol–water partition coefficient (Wildman–Crippen LogP) is 3.48. The average molecular weight is 352 g/mol. The summed E-state index contributed by atoms with van der Waals surface area (Å²) in [7, 11) is 0. The van der Waals surface area contributed by atoms with Crippen LogP contribution in [0, 0.1) is 25.7 Å². The van der Waals surface area contributed by atoms with Crippen LogP contribution in [0.4, 0.5) is 11.6 Å². The lowest BCUT2D eigenvalue weighted by atomic mass is 9.80. The van der Waals surface area contributed by atoms with Crippen molar-refractivity contribution in [3.05, 3.63) is 47.8 Å². The number of hydrogen-bond donors (Lipinski definition) is 2. The molecule has 3 rings (SSSR count). The summed E-state index contributed by atoms with van der Waals surface area (Å²) < 4.78 is 0. The fourth-order valence-corrected chi connectivity index (χ4v) is 3.33. The van der Waals surface area contributed by atoms with Gasteiger partial charge < -0.3 is 10.6 Å². The van der Waals surface area contributed by atoms with Crippen molar-refractivity contribution in [2.75, 3.05) is 10.6 Å². The van der Waals surface area contributed by atoms with Gasteiger partial charge >= 0.3 is 0 Å². The summed E-state index contributed by atoms with van der Waals surface area (Å²) in [5.74, 6) is 0.652. The maximum absolute atomic E-state index is 12.6. The molecule has 1 fully saturated rings. The third kappa shape index (κ3) is 4.65. The SMILES string of the molecule is Cc1ccnc(NC(=O)[C@@H]2CCC[C@H](C(=O)Nc3cc(C)ccn3)C2)c1. The summed E-state index contributed by atoms with van der Waals surface area (Å²) in [6.45, 7) is 3.91. The van der Waals surface area contributed by atoms with Crippen molar-refractivity contribution in [2.24, 2.45) is 11.8 Å². The van der Waals surface area contributed by atoms with E-state index in [1.54, 1.807) is 12.4 Å². The fraction of sp³-hybridized carbons (Fsp3) is 0.400. The molecule has 6 nitrogen and oxygen atoms in total. The first-order valence-electron chi connectivity index (χ1n) is 8.98. The van der Waals surface area contributed by atoms with Crippen molar-refractivity contribution >= 4 is 23.5 Å². The molecular weight excluding hydrogens is 328 g/mol. The van der Waals surface area contributed by atoms with Crippen LogP contribution in [0.5, 0.6) is 0 Å². The highest BCUT2D eigenvalue weighted by molar-refractivity contribution is 5.94. The zero-order valence-electron chi connectivity index (χ0n) is 15.2. The van der Waals surface area contributed by atoms with Crippen molar-refractivity contribution < 1.29 is 9.59 Å². The van der Waals surface area contributed by atoms with Gasteiger partial charge in [0.25, 0.3) is 0 Å². The van der Waals surface area contributed by atoms with E-state index < -0.39 is 0 Å². The Labute approximate surface area is 153 Å². The topological polar surface area (TPSA) is 84.0 Å². The van der Waals surface area contributed by atoms with Gasteiger partial charge in [-0.2, -0.15) is 0 Å². The van der Waals surface area contributed by atoms with E-state index >= 15 is 0 Å². The number of pyridine rings is 2. The van der Waals surface area contributed by atoms with Crippen LogP contribution in [-0.4, -0.2) is 21.8 Å². The number of hydrogen-bond acceptors (Lipinski definition) is 4. The molecule has 2 aromatic heterocycles. The molecule has 0 unspecified atom stereocenters. The number of carbonyl (C=O) groups excluding carboxylic acids is 2. The molecule has 26 heavy (non-hydrogen) atoms. The van der Waals surface area contributed by atoms with Crippen LogP contribution >= 0.6 is 0 Å². The molecule has 136 valence electrons. The van der Waals surface area contributed by atoms with Gasteiger partial charge in [0.15, 0.2) is 0 Å². The van der Waals surface area contributed by atoms with Gasteiger partial charge in [0.2, 0.25) is 11.8 Å². The summed E-state index contributed by atoms with van der Waals surface area (Å²) in [6, 6.07) is 7.45. The summed E-state index contributed by atoms with van der Waals surface area (Å²) in [4.78, 5) is 33.5. The van der Waals surface area contributed by atoms with Crippen molar-refractivity contribution in [1.29, 1.82) is 0 Å². The number of amides is 2. The van der Waals surface area contributed by atoms with Crippen molar-refractivity contribution in [1.82, 2.24) is 9.97 Å². The van der Waals surface area contributed by atoms with Crippen LogP contribution in [0.2, 0.25) is 0 Å². The Kier molecular flexibility index (Phi) is 5.61. The van der Waals surface area contributed by atoms with Gasteiger partial charge in [0, 0.05) is 24.2 Å². The number of anilines is 2. The molecule has 0 spiro atoms. The first-order chi connectivity index (χ1) is 12.5. The molecule has 0 bridgehead atoms. The number of carbonyl (C=O) groups is 2. The van der Waals surface area contributed by atoms with Gasteiger partial charge in [-0.15, -0.1) is 0 Å². The normalized spacial score (nSPS) is 19.6. The molecule has 0 aliphatic heterocycles. The highest BCUT2D eigenvalue weighted by Crippen LogP contribution is 2.30. The second-order valence-corrected chi connectivity index (χ2v) is 6.98. The van der Waals surface area contributed by atoms with Gasteiger partial charge in [0.05, 0.1) is 0 Å². The Morgan fingerprint density at radius 3 is 1.77 bits per heavy atom. The van der Waals surface area contributed by atoms with Crippen LogP contribution in [0.1, 0.15) is 36.8 Å². The zero-order chi connectivity index (χ0) is 18.5. The predicted molar refractivity (Wildman–Crippen MR) is 101 cm³/mol. The number of aromatic nitrogens is 2. The third-order valence-electron chi connectivity index (χ3n) is 4.75. The number of nitrogens with zero attached hydrogens (tertiary/aromatic N) is 2. The fourth-order valence-electron chi connectivity index (χ4n) is 3.33. The van der Waals surface area contributed by atoms with E-state index in [9.17, 15) is 9.59 Å². The molecule has 2 amide bonds. The summed E-state index contributed by atoms with van der Waals surface area (Å²) in [5.41, 5.74) is 2.09. The third-order valence-corrected chi connectivity index (χ3v) is 4.75. The Bertz CT molecular complexity index is 740. The molecule has 2 aromatic rings. The Morgan fingerprint density at radius 2 is 1.35 bits per heavy atom. The lowest BCUT2D eigenvalue weighted by Crippen LogP contribution is -2.33. The first kappa shape index (κ1) is 18.0. The molecule has 2 atom stereocenters. The van der Waals surface area contributed by atoms with E-state index in [-0.39, 0.29) is 23.7 Å². The van der Waals surface area contributed by atoms with Crippen LogP contribution in [-0.2, 0) is 9.59 Å². The highest BCUT2D eigenvalue weighted by atomic mass is 16.2. The van der Waals surface area contributed by atoms with Gasteiger partial charge in [-0.1, -0.05) is 6.42 Å². The van der Waals surface area contributed by atoms with Crippen LogP contribution < -0.4 is 10.6 Å². The summed E-state index contributed by atoms with van der Waals surface area (Å²) >= 11 is 0. The molecular formula is C20H24N4O2. The minimum atomic E-state index is -0.174. The Hall–Kier alpha value is -2.76. The molecule has 0 saturated heterocycles. The molecule has 1 aliphatic carbocycles. The van der Waals surface area contributed by atoms with Crippen LogP contribution in [0.15, 0.2) is 36.7 Å². The summed E-state index contributed by atoms with van der Waals surface area (Å²) in [5, 5.41) is 5.75. The molecule has 0 radical (unpaired) electrons. The van der Waals surface area contributed by atoms with Gasteiger partial charge in [-0.3, -0.25) is 9.59 Å². The standard InChI is InChI=1S/C20H24N4O2/c1-13-6-8-21-17(10-13)23-19(25)15-4-3-5-16(12-15)20(26)24-18-11-14(2)7-9-22-18/h6-11,15-16H,3-5,12H2,1-2H3,(H,21,23,25)(H,22,24,26)/t15-,16+. The van der Waals surface area contributed by atoms with E-state index in [1.165, 1.54) is 0 Å². The van der Waals surface area contributed by atoms with E-state index in [0.717, 1.165) is 30.4 Å². The largest absolute Gasteiger partial charge is 0.310 e. The average Bonchev–Trinajstić information content (AvgIpc) is 2.62. The Morgan fingerprint density at radius 1 is 0.885 bits per heavy atom. The van der Waals surface area contributed by atoms with Gasteiger partial charge in [0.1, 0.15) is 11.6 Å². The zero-order valence-corrected chi connectivity index (χ0v) is 15.2.